The molecule has 0 bridgehead atoms. The Morgan fingerprint density at radius 2 is 1.81 bits per heavy atom. The highest BCUT2D eigenvalue weighted by Crippen LogP contribution is 2.27. The number of ether oxygens (including phenoxy) is 1. The highest BCUT2D eigenvalue weighted by molar-refractivity contribution is 6.09. The van der Waals surface area contributed by atoms with Crippen molar-refractivity contribution in [1.82, 2.24) is 15.3 Å². The summed E-state index contributed by atoms with van der Waals surface area (Å²) in [5, 5.41) is 14.5. The van der Waals surface area contributed by atoms with Crippen molar-refractivity contribution in [3.05, 3.63) is 47.5 Å². The Kier molecular flexibility index (Phi) is 4.78. The Labute approximate surface area is 148 Å². The second kappa shape index (κ2) is 7.18. The minimum Gasteiger partial charge on any atom is -0.495 e. The molecule has 9 nitrogen and oxygen atoms in total. The lowest BCUT2D eigenvalue weighted by Gasteiger charge is -2.12. The maximum absolute atomic E-state index is 12.4. The molecule has 0 atom stereocenters. The monoisotopic (exact) mass is 356 g/mol. The third kappa shape index (κ3) is 3.77. The summed E-state index contributed by atoms with van der Waals surface area (Å²) in [6.45, 7) is 0. The fraction of sp³-hybridized carbons (Fsp3) is 0.235. The van der Waals surface area contributed by atoms with E-state index in [0.717, 1.165) is 12.8 Å². The molecule has 0 unspecified atom stereocenters. The van der Waals surface area contributed by atoms with E-state index in [0.29, 0.717) is 11.3 Å². The number of hydrogen-bond donors (Lipinski definition) is 3. The maximum Gasteiger partial charge on any atom is 0.356 e. The molecule has 1 aromatic carbocycles. The molecule has 2 aromatic rings. The first-order valence-electron chi connectivity index (χ1n) is 7.84. The van der Waals surface area contributed by atoms with Crippen molar-refractivity contribution in [2.24, 2.45) is 0 Å². The molecule has 9 heteroatoms. The Morgan fingerprint density at radius 1 is 1.12 bits per heavy atom. The molecule has 3 rings (SSSR count). The van der Waals surface area contributed by atoms with Gasteiger partial charge in [-0.1, -0.05) is 0 Å². The summed E-state index contributed by atoms with van der Waals surface area (Å²) in [7, 11) is 1.42. The van der Waals surface area contributed by atoms with Crippen LogP contribution < -0.4 is 15.4 Å². The van der Waals surface area contributed by atoms with Gasteiger partial charge in [0.05, 0.1) is 12.8 Å². The lowest BCUT2D eigenvalue weighted by Crippen LogP contribution is -2.25. The Morgan fingerprint density at radius 3 is 2.42 bits per heavy atom. The van der Waals surface area contributed by atoms with Crippen LogP contribution in [-0.4, -0.2) is 46.0 Å². The van der Waals surface area contributed by atoms with Crippen molar-refractivity contribution in [2.75, 3.05) is 12.4 Å². The minimum atomic E-state index is -1.37. The van der Waals surface area contributed by atoms with Crippen molar-refractivity contribution in [1.29, 1.82) is 0 Å². The Hall–Kier alpha value is -3.49. The lowest BCUT2D eigenvalue weighted by atomic mass is 10.1. The van der Waals surface area contributed by atoms with Crippen LogP contribution in [0.3, 0.4) is 0 Å². The van der Waals surface area contributed by atoms with Gasteiger partial charge in [-0.2, -0.15) is 0 Å². The van der Waals surface area contributed by atoms with E-state index in [9.17, 15) is 14.4 Å². The van der Waals surface area contributed by atoms with Crippen LogP contribution in [-0.2, 0) is 0 Å². The number of carbonyl (C=O) groups is 3. The molecule has 0 radical (unpaired) electrons. The molecule has 1 saturated carbocycles. The molecule has 2 amide bonds. The lowest BCUT2D eigenvalue weighted by molar-refractivity contribution is 0.0684. The molecule has 1 aliphatic rings. The molecular formula is C17H16N4O5. The molecule has 1 fully saturated rings. The van der Waals surface area contributed by atoms with Gasteiger partial charge in [-0.15, -0.1) is 0 Å². The SMILES string of the molecule is COc1ccc(C(=O)NC2CC2)cc1NC(=O)c1nccnc1C(=O)O. The largest absolute Gasteiger partial charge is 0.495 e. The third-order valence-electron chi connectivity index (χ3n) is 3.74. The highest BCUT2D eigenvalue weighted by atomic mass is 16.5. The number of hydrogen-bond acceptors (Lipinski definition) is 6. The summed E-state index contributed by atoms with van der Waals surface area (Å²) >= 11 is 0. The molecule has 134 valence electrons. The number of amides is 2. The first-order valence-corrected chi connectivity index (χ1v) is 7.84. The van der Waals surface area contributed by atoms with Gasteiger partial charge in [-0.25, -0.2) is 14.8 Å². The summed E-state index contributed by atoms with van der Waals surface area (Å²) < 4.78 is 5.19. The maximum atomic E-state index is 12.4. The summed E-state index contributed by atoms with van der Waals surface area (Å²) in [5.41, 5.74) is -0.227. The van der Waals surface area contributed by atoms with Crippen LogP contribution in [0, 0.1) is 0 Å². The average Bonchev–Trinajstić information content (AvgIpc) is 3.45. The van der Waals surface area contributed by atoms with Gasteiger partial charge in [-0.3, -0.25) is 9.59 Å². The van der Waals surface area contributed by atoms with Gasteiger partial charge < -0.3 is 20.5 Å². The molecule has 0 spiro atoms. The molecule has 1 aromatic heterocycles. The Balaban J connectivity index is 1.87. The van der Waals surface area contributed by atoms with Gasteiger partial charge in [0.25, 0.3) is 11.8 Å². The smallest absolute Gasteiger partial charge is 0.356 e. The molecule has 0 aliphatic heterocycles. The average molecular weight is 356 g/mol. The molecule has 0 saturated heterocycles. The number of nitrogens with one attached hydrogen (secondary N) is 2. The summed E-state index contributed by atoms with van der Waals surface area (Å²) in [6.07, 6.45) is 4.31. The quantitative estimate of drug-likeness (QED) is 0.711. The van der Waals surface area contributed by atoms with Crippen LogP contribution in [0.1, 0.15) is 44.2 Å². The molecule has 1 aliphatic carbocycles. The Bertz CT molecular complexity index is 879. The normalized spacial score (nSPS) is 13.0. The number of carboxylic acids is 1. The number of rotatable bonds is 6. The highest BCUT2D eigenvalue weighted by Gasteiger charge is 2.25. The van der Waals surface area contributed by atoms with E-state index in [4.69, 9.17) is 9.84 Å². The van der Waals surface area contributed by atoms with E-state index < -0.39 is 17.6 Å². The van der Waals surface area contributed by atoms with Gasteiger partial charge in [-0.05, 0) is 31.0 Å². The van der Waals surface area contributed by atoms with Crippen molar-refractivity contribution in [2.45, 2.75) is 18.9 Å². The predicted molar refractivity (Wildman–Crippen MR) is 90.4 cm³/mol. The summed E-state index contributed by atoms with van der Waals surface area (Å²) in [5.74, 6) is -2.07. The number of carbonyl (C=O) groups excluding carboxylic acids is 2. The number of aromatic carboxylic acids is 1. The number of aromatic nitrogens is 2. The molecule has 26 heavy (non-hydrogen) atoms. The van der Waals surface area contributed by atoms with Crippen molar-refractivity contribution in [3.8, 4) is 5.75 Å². The van der Waals surface area contributed by atoms with E-state index in [-0.39, 0.29) is 23.3 Å². The second-order valence-electron chi connectivity index (χ2n) is 5.68. The van der Waals surface area contributed by atoms with E-state index in [2.05, 4.69) is 20.6 Å². The van der Waals surface area contributed by atoms with Gasteiger partial charge >= 0.3 is 5.97 Å². The van der Waals surface area contributed by atoms with E-state index in [1.807, 2.05) is 0 Å². The van der Waals surface area contributed by atoms with E-state index >= 15 is 0 Å². The third-order valence-corrected chi connectivity index (χ3v) is 3.74. The molecular weight excluding hydrogens is 340 g/mol. The number of methoxy groups -OCH3 is 1. The van der Waals surface area contributed by atoms with Gasteiger partial charge in [0, 0.05) is 24.0 Å². The zero-order valence-electron chi connectivity index (χ0n) is 13.9. The molecule has 3 N–H and O–H groups in total. The number of nitrogens with zero attached hydrogens (tertiary/aromatic N) is 2. The predicted octanol–water partition coefficient (Wildman–Crippen LogP) is 1.33. The fourth-order valence-electron chi connectivity index (χ4n) is 2.29. The van der Waals surface area contributed by atoms with Crippen LogP contribution in [0.15, 0.2) is 30.6 Å². The fourth-order valence-corrected chi connectivity index (χ4v) is 2.29. The van der Waals surface area contributed by atoms with Gasteiger partial charge in [0.2, 0.25) is 0 Å². The van der Waals surface area contributed by atoms with Crippen LogP contribution in [0.5, 0.6) is 5.75 Å². The van der Waals surface area contributed by atoms with Crippen LogP contribution in [0.2, 0.25) is 0 Å². The van der Waals surface area contributed by atoms with Gasteiger partial charge in [0.15, 0.2) is 11.4 Å². The van der Waals surface area contributed by atoms with Crippen LogP contribution >= 0.6 is 0 Å². The first-order chi connectivity index (χ1) is 12.5. The zero-order valence-corrected chi connectivity index (χ0v) is 13.9. The second-order valence-corrected chi connectivity index (χ2v) is 5.68. The zero-order chi connectivity index (χ0) is 18.7. The van der Waals surface area contributed by atoms with Crippen LogP contribution in [0.4, 0.5) is 5.69 Å². The standard InChI is InChI=1S/C17H16N4O5/c1-26-12-5-2-9(15(22)20-10-3-4-10)8-11(12)21-16(23)13-14(17(24)25)19-7-6-18-13/h2,5-8,10H,3-4H2,1H3,(H,20,22)(H,21,23)(H,24,25). The number of carboxylic acid groups (broad SMARTS) is 1. The number of benzene rings is 1. The summed E-state index contributed by atoms with van der Waals surface area (Å²) in [4.78, 5) is 43.3. The van der Waals surface area contributed by atoms with Crippen molar-refractivity contribution >= 4 is 23.5 Å². The van der Waals surface area contributed by atoms with Crippen molar-refractivity contribution < 1.29 is 24.2 Å². The number of anilines is 1. The van der Waals surface area contributed by atoms with Gasteiger partial charge in [0.1, 0.15) is 5.75 Å². The van der Waals surface area contributed by atoms with Crippen molar-refractivity contribution in [3.63, 3.8) is 0 Å². The van der Waals surface area contributed by atoms with E-state index in [1.54, 1.807) is 12.1 Å². The molecule has 1 heterocycles. The van der Waals surface area contributed by atoms with E-state index in [1.165, 1.54) is 25.6 Å². The first kappa shape index (κ1) is 17.3. The van der Waals surface area contributed by atoms with Crippen LogP contribution in [0.25, 0.3) is 0 Å². The summed E-state index contributed by atoms with van der Waals surface area (Å²) in [6, 6.07) is 4.79. The minimum absolute atomic E-state index is 0.195. The topological polar surface area (TPSA) is 131 Å².